The number of amides is 2. The van der Waals surface area contributed by atoms with Crippen molar-refractivity contribution < 1.29 is 14.5 Å². The fourth-order valence-electron chi connectivity index (χ4n) is 2.71. The van der Waals surface area contributed by atoms with Crippen LogP contribution >= 0.6 is 0 Å². The average molecular weight is 395 g/mol. The molecule has 0 saturated carbocycles. The summed E-state index contributed by atoms with van der Waals surface area (Å²) in [5.41, 5.74) is 1.45. The SMILES string of the molecule is CC[C@H](C)[C@H](NC(=O)/C=C/c1cccc([N+](=O)[O-])c1)C(=O)NCc1ccccc1. The molecule has 2 atom stereocenters. The summed E-state index contributed by atoms with van der Waals surface area (Å²) in [5.74, 6) is -0.738. The predicted molar refractivity (Wildman–Crippen MR) is 112 cm³/mol. The van der Waals surface area contributed by atoms with Crippen molar-refractivity contribution in [2.24, 2.45) is 5.92 Å². The van der Waals surface area contributed by atoms with E-state index in [-0.39, 0.29) is 17.5 Å². The molecule has 0 aromatic heterocycles. The second kappa shape index (κ2) is 10.8. The lowest BCUT2D eigenvalue weighted by Gasteiger charge is -2.23. The lowest BCUT2D eigenvalue weighted by Crippen LogP contribution is -2.49. The number of rotatable bonds is 9. The average Bonchev–Trinajstić information content (AvgIpc) is 2.74. The van der Waals surface area contributed by atoms with Crippen molar-refractivity contribution in [2.45, 2.75) is 32.9 Å². The second-order valence-corrected chi connectivity index (χ2v) is 6.76. The smallest absolute Gasteiger partial charge is 0.270 e. The van der Waals surface area contributed by atoms with Crippen LogP contribution in [0.25, 0.3) is 6.08 Å². The van der Waals surface area contributed by atoms with Crippen LogP contribution in [-0.4, -0.2) is 22.8 Å². The number of carbonyl (C=O) groups excluding carboxylic acids is 2. The van der Waals surface area contributed by atoms with Gasteiger partial charge in [0.25, 0.3) is 5.69 Å². The first-order chi connectivity index (χ1) is 13.9. The minimum Gasteiger partial charge on any atom is -0.350 e. The van der Waals surface area contributed by atoms with E-state index < -0.39 is 16.9 Å². The van der Waals surface area contributed by atoms with Crippen molar-refractivity contribution in [3.05, 3.63) is 81.9 Å². The van der Waals surface area contributed by atoms with Gasteiger partial charge in [-0.05, 0) is 23.1 Å². The molecule has 7 heteroatoms. The van der Waals surface area contributed by atoms with Gasteiger partial charge in [-0.2, -0.15) is 0 Å². The van der Waals surface area contributed by atoms with Gasteiger partial charge >= 0.3 is 0 Å². The third-order valence-corrected chi connectivity index (χ3v) is 4.61. The number of nitro benzene ring substituents is 1. The zero-order chi connectivity index (χ0) is 21.2. The van der Waals surface area contributed by atoms with E-state index in [1.165, 1.54) is 24.3 Å². The third-order valence-electron chi connectivity index (χ3n) is 4.61. The summed E-state index contributed by atoms with van der Waals surface area (Å²) >= 11 is 0. The van der Waals surface area contributed by atoms with Crippen LogP contribution in [0.1, 0.15) is 31.4 Å². The molecule has 0 radical (unpaired) electrons. The van der Waals surface area contributed by atoms with Crippen LogP contribution < -0.4 is 10.6 Å². The fraction of sp³-hybridized carbons (Fsp3) is 0.273. The molecule has 0 heterocycles. The third kappa shape index (κ3) is 6.88. The van der Waals surface area contributed by atoms with Crippen LogP contribution in [0.3, 0.4) is 0 Å². The van der Waals surface area contributed by atoms with Gasteiger partial charge in [0.05, 0.1) is 4.92 Å². The van der Waals surface area contributed by atoms with Gasteiger partial charge in [0, 0.05) is 24.8 Å². The van der Waals surface area contributed by atoms with Gasteiger partial charge in [0.1, 0.15) is 6.04 Å². The lowest BCUT2D eigenvalue weighted by atomic mass is 9.98. The molecule has 0 fully saturated rings. The molecule has 0 unspecified atom stereocenters. The standard InChI is InChI=1S/C22H25N3O4/c1-3-16(2)21(22(27)23-15-18-8-5-4-6-9-18)24-20(26)13-12-17-10-7-11-19(14-17)25(28)29/h4-14,16,21H,3,15H2,1-2H3,(H,23,27)(H,24,26)/b13-12+/t16-,21-/m0/s1. The molecular weight excluding hydrogens is 370 g/mol. The number of hydrogen-bond acceptors (Lipinski definition) is 4. The van der Waals surface area contributed by atoms with Crippen molar-refractivity contribution in [3.8, 4) is 0 Å². The van der Waals surface area contributed by atoms with Gasteiger partial charge in [0.2, 0.25) is 11.8 Å². The first kappa shape index (κ1) is 21.8. The number of nitrogens with zero attached hydrogens (tertiary/aromatic N) is 1. The molecule has 0 saturated heterocycles. The van der Waals surface area contributed by atoms with Crippen molar-refractivity contribution in [3.63, 3.8) is 0 Å². The van der Waals surface area contributed by atoms with Gasteiger partial charge in [-0.25, -0.2) is 0 Å². The largest absolute Gasteiger partial charge is 0.350 e. The van der Waals surface area contributed by atoms with Gasteiger partial charge < -0.3 is 10.6 Å². The summed E-state index contributed by atoms with van der Waals surface area (Å²) in [6, 6.07) is 14.8. The maximum Gasteiger partial charge on any atom is 0.270 e. The molecule has 2 N–H and O–H groups in total. The number of benzene rings is 2. The molecule has 0 aliphatic carbocycles. The van der Waals surface area contributed by atoms with Crippen LogP contribution in [0, 0.1) is 16.0 Å². The maximum absolute atomic E-state index is 12.6. The van der Waals surface area contributed by atoms with E-state index in [1.807, 2.05) is 44.2 Å². The molecule has 2 aromatic rings. The Labute approximate surface area is 170 Å². The van der Waals surface area contributed by atoms with E-state index in [0.29, 0.717) is 12.1 Å². The van der Waals surface area contributed by atoms with E-state index in [0.717, 1.165) is 12.0 Å². The highest BCUT2D eigenvalue weighted by Gasteiger charge is 2.25. The molecule has 0 aliphatic rings. The molecule has 2 amide bonds. The maximum atomic E-state index is 12.6. The predicted octanol–water partition coefficient (Wildman–Crippen LogP) is 3.46. The fourth-order valence-corrected chi connectivity index (χ4v) is 2.71. The Balaban J connectivity index is 2.01. The van der Waals surface area contributed by atoms with Gasteiger partial charge in [0.15, 0.2) is 0 Å². The molecule has 152 valence electrons. The van der Waals surface area contributed by atoms with E-state index in [9.17, 15) is 19.7 Å². The Kier molecular flexibility index (Phi) is 8.09. The highest BCUT2D eigenvalue weighted by molar-refractivity contribution is 5.95. The van der Waals surface area contributed by atoms with Crippen molar-refractivity contribution in [1.82, 2.24) is 10.6 Å². The Bertz CT molecular complexity index is 881. The molecule has 2 aromatic carbocycles. The molecule has 29 heavy (non-hydrogen) atoms. The quantitative estimate of drug-likeness (QED) is 0.386. The van der Waals surface area contributed by atoms with Crippen molar-refractivity contribution in [2.75, 3.05) is 0 Å². The van der Waals surface area contributed by atoms with Crippen molar-refractivity contribution >= 4 is 23.6 Å². The van der Waals surface area contributed by atoms with E-state index in [2.05, 4.69) is 10.6 Å². The summed E-state index contributed by atoms with van der Waals surface area (Å²) in [6.07, 6.45) is 3.48. The monoisotopic (exact) mass is 395 g/mol. The number of nitro groups is 1. The molecule has 0 spiro atoms. The van der Waals surface area contributed by atoms with Crippen LogP contribution in [0.4, 0.5) is 5.69 Å². The Morgan fingerprint density at radius 2 is 1.86 bits per heavy atom. The highest BCUT2D eigenvalue weighted by Crippen LogP contribution is 2.14. The molecule has 0 bridgehead atoms. The topological polar surface area (TPSA) is 101 Å². The van der Waals surface area contributed by atoms with E-state index in [1.54, 1.807) is 12.1 Å². The minimum absolute atomic E-state index is 0.0506. The number of hydrogen-bond donors (Lipinski definition) is 2. The Morgan fingerprint density at radius 1 is 1.14 bits per heavy atom. The van der Waals surface area contributed by atoms with E-state index in [4.69, 9.17) is 0 Å². The molecule has 2 rings (SSSR count). The van der Waals surface area contributed by atoms with Crippen LogP contribution in [0.15, 0.2) is 60.7 Å². The van der Waals surface area contributed by atoms with Gasteiger partial charge in [-0.1, -0.05) is 62.7 Å². The van der Waals surface area contributed by atoms with E-state index >= 15 is 0 Å². The Morgan fingerprint density at radius 3 is 2.52 bits per heavy atom. The highest BCUT2D eigenvalue weighted by atomic mass is 16.6. The Hall–Kier alpha value is -3.48. The summed E-state index contributed by atoms with van der Waals surface area (Å²) < 4.78 is 0. The van der Waals surface area contributed by atoms with Crippen LogP contribution in [-0.2, 0) is 16.1 Å². The second-order valence-electron chi connectivity index (χ2n) is 6.76. The first-order valence-corrected chi connectivity index (χ1v) is 9.45. The lowest BCUT2D eigenvalue weighted by molar-refractivity contribution is -0.384. The zero-order valence-electron chi connectivity index (χ0n) is 16.5. The molecular formula is C22H25N3O4. The van der Waals surface area contributed by atoms with Gasteiger partial charge in [-0.15, -0.1) is 0 Å². The van der Waals surface area contributed by atoms with Crippen LogP contribution in [0.2, 0.25) is 0 Å². The minimum atomic E-state index is -0.675. The zero-order valence-corrected chi connectivity index (χ0v) is 16.5. The summed E-state index contributed by atoms with van der Waals surface area (Å²) in [6.45, 7) is 4.23. The normalized spacial score (nSPS) is 12.9. The molecule has 0 aliphatic heterocycles. The number of carbonyl (C=O) groups is 2. The molecule has 7 nitrogen and oxygen atoms in total. The van der Waals surface area contributed by atoms with Gasteiger partial charge in [-0.3, -0.25) is 19.7 Å². The van der Waals surface area contributed by atoms with Crippen molar-refractivity contribution in [1.29, 1.82) is 0 Å². The number of nitrogens with one attached hydrogen (secondary N) is 2. The van der Waals surface area contributed by atoms with Crippen LogP contribution in [0.5, 0.6) is 0 Å². The summed E-state index contributed by atoms with van der Waals surface area (Å²) in [5, 5.41) is 16.4. The first-order valence-electron chi connectivity index (χ1n) is 9.45. The number of non-ortho nitro benzene ring substituents is 1. The summed E-state index contributed by atoms with van der Waals surface area (Å²) in [7, 11) is 0. The summed E-state index contributed by atoms with van der Waals surface area (Å²) in [4.78, 5) is 35.3.